The fourth-order valence-electron chi connectivity index (χ4n) is 1.57. The Kier molecular flexibility index (Phi) is 5.38. The number of aromatic nitrogens is 3. The maximum Gasteiger partial charge on any atom is 0.323 e. The zero-order valence-electron chi connectivity index (χ0n) is 11.1. The van der Waals surface area contributed by atoms with E-state index in [1.165, 1.54) is 11.5 Å². The first-order valence-electron chi connectivity index (χ1n) is 6.25. The number of ether oxygens (including phenoxy) is 1. The molecule has 0 saturated carbocycles. The van der Waals surface area contributed by atoms with Crippen LogP contribution in [-0.2, 0) is 0 Å². The van der Waals surface area contributed by atoms with Crippen molar-refractivity contribution >= 4 is 35.4 Å². The highest BCUT2D eigenvalue weighted by Crippen LogP contribution is 2.24. The monoisotopic (exact) mass is 301 g/mol. The first-order valence-corrected chi connectivity index (χ1v) is 8.45. The molecular formula is C11H19N5OS2. The standard InChI is InChI=1S/C11H19N5OS2/c1-7(2)17-11-15-9(12)14-10(16-11)13-5-8-6-18-3-4-19-8/h7-8H,3-6H2,1-2H3,(H3,12,13,14,15,16). The lowest BCUT2D eigenvalue weighted by Gasteiger charge is -2.21. The minimum atomic E-state index is 0.0138. The van der Waals surface area contributed by atoms with E-state index in [1.807, 2.05) is 37.4 Å². The summed E-state index contributed by atoms with van der Waals surface area (Å²) in [7, 11) is 0. The van der Waals surface area contributed by atoms with Crippen molar-refractivity contribution in [1.29, 1.82) is 0 Å². The zero-order chi connectivity index (χ0) is 13.7. The topological polar surface area (TPSA) is 86.0 Å². The van der Waals surface area contributed by atoms with Crippen LogP contribution in [0, 0.1) is 0 Å². The smallest absolute Gasteiger partial charge is 0.323 e. The highest BCUT2D eigenvalue weighted by molar-refractivity contribution is 8.06. The third-order valence-corrected chi connectivity index (χ3v) is 5.19. The van der Waals surface area contributed by atoms with Crippen molar-refractivity contribution < 1.29 is 4.74 Å². The summed E-state index contributed by atoms with van der Waals surface area (Å²) in [4.78, 5) is 12.2. The molecule has 1 aliphatic heterocycles. The Balaban J connectivity index is 1.93. The number of nitrogens with one attached hydrogen (secondary N) is 1. The lowest BCUT2D eigenvalue weighted by atomic mass is 10.5. The van der Waals surface area contributed by atoms with E-state index in [-0.39, 0.29) is 18.1 Å². The Bertz CT molecular complexity index is 412. The lowest BCUT2D eigenvalue weighted by Crippen LogP contribution is -2.24. The van der Waals surface area contributed by atoms with Crippen LogP contribution < -0.4 is 15.8 Å². The van der Waals surface area contributed by atoms with Crippen LogP contribution >= 0.6 is 23.5 Å². The van der Waals surface area contributed by atoms with E-state index in [9.17, 15) is 0 Å². The highest BCUT2D eigenvalue weighted by Gasteiger charge is 2.15. The Labute approximate surface area is 121 Å². The number of nitrogens with zero attached hydrogens (tertiary/aromatic N) is 3. The molecule has 2 rings (SSSR count). The van der Waals surface area contributed by atoms with Gasteiger partial charge in [0.25, 0.3) is 0 Å². The van der Waals surface area contributed by atoms with Gasteiger partial charge in [-0.25, -0.2) is 0 Å². The van der Waals surface area contributed by atoms with Crippen molar-refractivity contribution in [2.24, 2.45) is 0 Å². The summed E-state index contributed by atoms with van der Waals surface area (Å²) < 4.78 is 5.44. The normalized spacial score (nSPS) is 19.4. The Morgan fingerprint density at radius 3 is 2.89 bits per heavy atom. The molecule has 0 aromatic carbocycles. The largest absolute Gasteiger partial charge is 0.461 e. The van der Waals surface area contributed by atoms with E-state index in [4.69, 9.17) is 10.5 Å². The number of hydrogen-bond donors (Lipinski definition) is 2. The quantitative estimate of drug-likeness (QED) is 0.846. The van der Waals surface area contributed by atoms with E-state index in [0.717, 1.165) is 12.3 Å². The molecule has 106 valence electrons. The molecule has 19 heavy (non-hydrogen) atoms. The van der Waals surface area contributed by atoms with Gasteiger partial charge < -0.3 is 15.8 Å². The van der Waals surface area contributed by atoms with Gasteiger partial charge in [-0.1, -0.05) is 0 Å². The van der Waals surface area contributed by atoms with Gasteiger partial charge in [-0.2, -0.15) is 38.5 Å². The molecule has 3 N–H and O–H groups in total. The van der Waals surface area contributed by atoms with Gasteiger partial charge in [0.1, 0.15) is 0 Å². The molecule has 0 bridgehead atoms. The molecule has 8 heteroatoms. The third-order valence-electron chi connectivity index (χ3n) is 2.35. The van der Waals surface area contributed by atoms with E-state index >= 15 is 0 Å². The summed E-state index contributed by atoms with van der Waals surface area (Å²) >= 11 is 3.97. The molecular weight excluding hydrogens is 282 g/mol. The van der Waals surface area contributed by atoms with E-state index < -0.39 is 0 Å². The second-order valence-corrected chi connectivity index (χ2v) is 6.97. The molecule has 6 nitrogen and oxygen atoms in total. The number of nitrogens with two attached hydrogens (primary N) is 1. The average molecular weight is 301 g/mol. The van der Waals surface area contributed by atoms with Crippen molar-refractivity contribution in [3.63, 3.8) is 0 Å². The fourth-order valence-corrected chi connectivity index (χ4v) is 4.19. The molecule has 2 heterocycles. The van der Waals surface area contributed by atoms with Crippen LogP contribution in [0.3, 0.4) is 0 Å². The van der Waals surface area contributed by atoms with Crippen molar-refractivity contribution in [2.45, 2.75) is 25.2 Å². The summed E-state index contributed by atoms with van der Waals surface area (Å²) in [6, 6.07) is 0.274. The van der Waals surface area contributed by atoms with Crippen molar-refractivity contribution in [1.82, 2.24) is 15.0 Å². The van der Waals surface area contributed by atoms with Crippen LogP contribution in [0.4, 0.5) is 11.9 Å². The summed E-state index contributed by atoms with van der Waals surface area (Å²) in [6.45, 7) is 4.67. The predicted octanol–water partition coefficient (Wildman–Crippen LogP) is 1.50. The maximum absolute atomic E-state index is 5.65. The summed E-state index contributed by atoms with van der Waals surface area (Å²) in [5, 5.41) is 3.80. The minimum absolute atomic E-state index is 0.0138. The van der Waals surface area contributed by atoms with E-state index in [1.54, 1.807) is 0 Å². The Morgan fingerprint density at radius 1 is 1.37 bits per heavy atom. The van der Waals surface area contributed by atoms with E-state index in [2.05, 4.69) is 20.3 Å². The number of rotatable bonds is 5. The summed E-state index contributed by atoms with van der Waals surface area (Å²) in [6.07, 6.45) is 0.0138. The molecule has 1 aromatic heterocycles. The molecule has 0 amide bonds. The van der Waals surface area contributed by atoms with Crippen LogP contribution in [-0.4, -0.2) is 50.1 Å². The van der Waals surface area contributed by atoms with Crippen LogP contribution in [0.1, 0.15) is 13.8 Å². The first-order chi connectivity index (χ1) is 9.13. The Morgan fingerprint density at radius 2 is 2.21 bits per heavy atom. The molecule has 1 aromatic rings. The van der Waals surface area contributed by atoms with Crippen LogP contribution in [0.5, 0.6) is 6.01 Å². The summed E-state index contributed by atoms with van der Waals surface area (Å²) in [5.74, 6) is 4.27. The van der Waals surface area contributed by atoms with Crippen LogP contribution in [0.15, 0.2) is 0 Å². The number of hydrogen-bond acceptors (Lipinski definition) is 8. The second-order valence-electron chi connectivity index (χ2n) is 4.42. The van der Waals surface area contributed by atoms with Gasteiger partial charge in [0.05, 0.1) is 6.10 Å². The van der Waals surface area contributed by atoms with Gasteiger partial charge in [0.15, 0.2) is 0 Å². The molecule has 0 radical (unpaired) electrons. The molecule has 0 spiro atoms. The lowest BCUT2D eigenvalue weighted by molar-refractivity contribution is 0.222. The minimum Gasteiger partial charge on any atom is -0.461 e. The predicted molar refractivity (Wildman–Crippen MR) is 82.1 cm³/mol. The van der Waals surface area contributed by atoms with Gasteiger partial charge in [0, 0.05) is 29.1 Å². The van der Waals surface area contributed by atoms with Crippen LogP contribution in [0.25, 0.3) is 0 Å². The average Bonchev–Trinajstić information content (AvgIpc) is 2.36. The zero-order valence-corrected chi connectivity index (χ0v) is 12.8. The van der Waals surface area contributed by atoms with Crippen LogP contribution in [0.2, 0.25) is 0 Å². The van der Waals surface area contributed by atoms with Crippen molar-refractivity contribution in [3.8, 4) is 6.01 Å². The fraction of sp³-hybridized carbons (Fsp3) is 0.727. The third kappa shape index (κ3) is 4.94. The number of anilines is 2. The Hall–Kier alpha value is -0.890. The van der Waals surface area contributed by atoms with Gasteiger partial charge in [-0.3, -0.25) is 0 Å². The van der Waals surface area contributed by atoms with Gasteiger partial charge in [0.2, 0.25) is 11.9 Å². The molecule has 1 saturated heterocycles. The number of thioether (sulfide) groups is 2. The highest BCUT2D eigenvalue weighted by atomic mass is 32.2. The summed E-state index contributed by atoms with van der Waals surface area (Å²) in [5.41, 5.74) is 5.65. The van der Waals surface area contributed by atoms with Gasteiger partial charge in [-0.05, 0) is 13.8 Å². The van der Waals surface area contributed by atoms with Gasteiger partial charge in [-0.15, -0.1) is 0 Å². The first kappa shape index (κ1) is 14.5. The molecule has 0 aliphatic carbocycles. The maximum atomic E-state index is 5.65. The molecule has 1 atom stereocenters. The van der Waals surface area contributed by atoms with Crippen molar-refractivity contribution in [3.05, 3.63) is 0 Å². The van der Waals surface area contributed by atoms with Crippen molar-refractivity contribution in [2.75, 3.05) is 34.9 Å². The SMILES string of the molecule is CC(C)Oc1nc(N)nc(NCC2CSCCS2)n1. The van der Waals surface area contributed by atoms with E-state index in [0.29, 0.717) is 11.2 Å². The molecule has 1 fully saturated rings. The molecule has 1 aliphatic rings. The second kappa shape index (κ2) is 7.04. The van der Waals surface area contributed by atoms with Gasteiger partial charge >= 0.3 is 6.01 Å². The molecule has 1 unspecified atom stereocenters. The number of nitrogen functional groups attached to an aromatic ring is 1.